The molecule has 6 nitrogen and oxygen atoms in total. The molecule has 0 aromatic rings. The minimum atomic E-state index is -0.807. The molecule has 0 spiro atoms. The number of ether oxygens (including phenoxy) is 3. The van der Waals surface area contributed by atoms with Crippen LogP contribution in [0.4, 0.5) is 0 Å². The van der Waals surface area contributed by atoms with Crippen molar-refractivity contribution in [2.75, 3.05) is 13.2 Å². The topological polar surface area (TPSA) is 78.9 Å². The zero-order valence-electron chi connectivity index (χ0n) is 48.1. The molecule has 420 valence electrons. The highest BCUT2D eigenvalue weighted by Gasteiger charge is 2.19. The first-order valence-corrected chi connectivity index (χ1v) is 30.5. The fourth-order valence-electron chi connectivity index (χ4n) is 8.20. The van der Waals surface area contributed by atoms with Crippen molar-refractivity contribution in [2.24, 2.45) is 0 Å². The molecule has 0 rings (SSSR count). The van der Waals surface area contributed by atoms with Gasteiger partial charge in [0.25, 0.3) is 0 Å². The largest absolute Gasteiger partial charge is 0.462 e. The number of rotatable bonds is 54. The average molecular weight is 1030 g/mol. The molecule has 0 N–H and O–H groups in total. The van der Waals surface area contributed by atoms with Crippen LogP contribution in [0.2, 0.25) is 0 Å². The van der Waals surface area contributed by atoms with Crippen LogP contribution < -0.4 is 0 Å². The number of esters is 3. The quantitative estimate of drug-likeness (QED) is 0.0261. The van der Waals surface area contributed by atoms with Gasteiger partial charge >= 0.3 is 17.9 Å². The summed E-state index contributed by atoms with van der Waals surface area (Å²) in [6.45, 7) is 6.38. The molecule has 0 aromatic heterocycles. The van der Waals surface area contributed by atoms with Crippen LogP contribution in [-0.4, -0.2) is 37.2 Å². The van der Waals surface area contributed by atoms with Crippen LogP contribution in [-0.2, 0) is 28.6 Å². The Kier molecular flexibility index (Phi) is 57.9. The third kappa shape index (κ3) is 58.7. The van der Waals surface area contributed by atoms with E-state index >= 15 is 0 Å². The van der Waals surface area contributed by atoms with Crippen LogP contribution in [0.5, 0.6) is 0 Å². The molecule has 0 radical (unpaired) electrons. The smallest absolute Gasteiger partial charge is 0.306 e. The fourth-order valence-corrected chi connectivity index (χ4v) is 8.20. The summed E-state index contributed by atoms with van der Waals surface area (Å²) >= 11 is 0. The number of unbranched alkanes of at least 4 members (excludes halogenated alkanes) is 23. The highest BCUT2D eigenvalue weighted by molar-refractivity contribution is 5.71. The molecule has 74 heavy (non-hydrogen) atoms. The van der Waals surface area contributed by atoms with Gasteiger partial charge in [-0.2, -0.15) is 0 Å². The van der Waals surface area contributed by atoms with Gasteiger partial charge in [-0.15, -0.1) is 0 Å². The maximum Gasteiger partial charge on any atom is 0.306 e. The van der Waals surface area contributed by atoms with E-state index in [1.807, 2.05) is 0 Å². The molecule has 0 saturated carbocycles. The van der Waals surface area contributed by atoms with E-state index in [0.717, 1.165) is 128 Å². The second kappa shape index (κ2) is 61.4. The van der Waals surface area contributed by atoms with E-state index in [-0.39, 0.29) is 31.1 Å². The van der Waals surface area contributed by atoms with Gasteiger partial charge in [-0.25, -0.2) is 0 Å². The van der Waals surface area contributed by atoms with E-state index in [0.29, 0.717) is 25.7 Å². The number of hydrogen-bond donors (Lipinski definition) is 0. The Bertz CT molecular complexity index is 1550. The highest BCUT2D eigenvalue weighted by Crippen LogP contribution is 2.16. The van der Waals surface area contributed by atoms with Crippen molar-refractivity contribution in [3.8, 4) is 0 Å². The Labute approximate surface area is 456 Å². The zero-order valence-corrected chi connectivity index (χ0v) is 48.1. The van der Waals surface area contributed by atoms with Crippen LogP contribution >= 0.6 is 0 Å². The molecule has 0 heterocycles. The van der Waals surface area contributed by atoms with E-state index in [1.54, 1.807) is 0 Å². The van der Waals surface area contributed by atoms with Crippen molar-refractivity contribution in [1.29, 1.82) is 0 Å². The van der Waals surface area contributed by atoms with Gasteiger partial charge in [0, 0.05) is 19.3 Å². The van der Waals surface area contributed by atoms with Gasteiger partial charge in [-0.05, 0) is 109 Å². The predicted molar refractivity (Wildman–Crippen MR) is 320 cm³/mol. The Balaban J connectivity index is 4.50. The van der Waals surface area contributed by atoms with Gasteiger partial charge in [0.1, 0.15) is 13.2 Å². The van der Waals surface area contributed by atoms with Crippen molar-refractivity contribution in [3.05, 3.63) is 122 Å². The van der Waals surface area contributed by atoms with Gasteiger partial charge in [-0.3, -0.25) is 14.4 Å². The summed E-state index contributed by atoms with van der Waals surface area (Å²) in [6, 6.07) is 0. The van der Waals surface area contributed by atoms with E-state index in [1.165, 1.54) is 96.3 Å². The van der Waals surface area contributed by atoms with Crippen molar-refractivity contribution in [2.45, 2.75) is 277 Å². The first-order valence-electron chi connectivity index (χ1n) is 30.5. The second-order valence-electron chi connectivity index (χ2n) is 19.9. The zero-order chi connectivity index (χ0) is 53.6. The predicted octanol–water partition coefficient (Wildman–Crippen LogP) is 20.8. The number of allylic oxidation sites excluding steroid dienone is 20. The SMILES string of the molecule is CC/C=C\C/C=C\C/C=C\C/C=C\C/C=C\C/C=C\CCCCC(=O)OCC(COC(=O)CCCCCCCCCCCCCCCCCC)OC(=O)CCCCCCCC/C=C\C/C=C\C/C=C\C/C=C\CC. The van der Waals surface area contributed by atoms with Crippen LogP contribution in [0.15, 0.2) is 122 Å². The minimum absolute atomic E-state index is 0.0985. The fraction of sp³-hybridized carbons (Fsp3) is 0.662. The monoisotopic (exact) mass is 1020 g/mol. The molecule has 1 unspecified atom stereocenters. The second-order valence-corrected chi connectivity index (χ2v) is 19.9. The Morgan fingerprint density at radius 1 is 0.284 bits per heavy atom. The van der Waals surface area contributed by atoms with E-state index < -0.39 is 6.10 Å². The summed E-state index contributed by atoms with van der Waals surface area (Å²) in [5.74, 6) is -0.954. The first kappa shape index (κ1) is 69.8. The third-order valence-electron chi connectivity index (χ3n) is 12.7. The number of hydrogen-bond acceptors (Lipinski definition) is 6. The lowest BCUT2D eigenvalue weighted by Gasteiger charge is -2.18. The third-order valence-corrected chi connectivity index (χ3v) is 12.7. The molecule has 0 aliphatic rings. The Morgan fingerprint density at radius 3 is 0.851 bits per heavy atom. The molecule has 0 fully saturated rings. The molecule has 1 atom stereocenters. The Morgan fingerprint density at radius 2 is 0.527 bits per heavy atom. The molecule has 0 amide bonds. The molecule has 0 bridgehead atoms. The molecule has 0 aliphatic heterocycles. The standard InChI is InChI=1S/C68H112O6/c1-4-7-10-13-16-19-22-25-28-31-33-34-36-37-40-43-46-49-52-55-58-61-67(70)73-64-65(63-72-66(69)60-57-54-51-48-45-42-39-30-27-24-21-18-15-12-9-6-3)74-68(71)62-59-56-53-50-47-44-41-38-35-32-29-26-23-20-17-14-11-8-5-2/h7-8,10-11,16-17,19-20,25-26,28-29,33-35,37-38,40,46,49,65H,4-6,9,12-15,18,21-24,27,30-32,36,39,41-45,47-48,50-64H2,1-3H3/b10-7-,11-8-,19-16-,20-17-,28-25-,29-26-,34-33-,38-35-,40-37-,49-46-. The van der Waals surface area contributed by atoms with E-state index in [9.17, 15) is 14.4 Å². The van der Waals surface area contributed by atoms with E-state index in [4.69, 9.17) is 14.2 Å². The lowest BCUT2D eigenvalue weighted by atomic mass is 10.0. The lowest BCUT2D eigenvalue weighted by Crippen LogP contribution is -2.30. The molecule has 0 aromatic carbocycles. The molecule has 0 aliphatic carbocycles. The van der Waals surface area contributed by atoms with Crippen molar-refractivity contribution >= 4 is 17.9 Å². The van der Waals surface area contributed by atoms with Crippen LogP contribution in [0.25, 0.3) is 0 Å². The molecule has 0 saturated heterocycles. The van der Waals surface area contributed by atoms with Crippen molar-refractivity contribution < 1.29 is 28.6 Å². The summed E-state index contributed by atoms with van der Waals surface area (Å²) in [5, 5.41) is 0. The maximum absolute atomic E-state index is 12.9. The summed E-state index contributed by atoms with van der Waals surface area (Å²) in [7, 11) is 0. The van der Waals surface area contributed by atoms with Gasteiger partial charge in [0.05, 0.1) is 0 Å². The van der Waals surface area contributed by atoms with Crippen molar-refractivity contribution in [3.63, 3.8) is 0 Å². The normalized spacial score (nSPS) is 13.0. The van der Waals surface area contributed by atoms with Gasteiger partial charge in [0.15, 0.2) is 6.10 Å². The van der Waals surface area contributed by atoms with Crippen molar-refractivity contribution in [1.82, 2.24) is 0 Å². The lowest BCUT2D eigenvalue weighted by molar-refractivity contribution is -0.167. The average Bonchev–Trinajstić information content (AvgIpc) is 3.40. The maximum atomic E-state index is 12.9. The summed E-state index contributed by atoms with van der Waals surface area (Å²) < 4.78 is 16.9. The number of carbonyl (C=O) groups is 3. The first-order chi connectivity index (χ1) is 36.5. The van der Waals surface area contributed by atoms with Crippen LogP contribution in [0, 0.1) is 0 Å². The van der Waals surface area contributed by atoms with Crippen LogP contribution in [0.1, 0.15) is 271 Å². The minimum Gasteiger partial charge on any atom is -0.462 e. The van der Waals surface area contributed by atoms with Gasteiger partial charge in [-0.1, -0.05) is 264 Å². The Hall–Kier alpha value is -4.19. The molecule has 6 heteroatoms. The highest BCUT2D eigenvalue weighted by atomic mass is 16.6. The van der Waals surface area contributed by atoms with Crippen LogP contribution in [0.3, 0.4) is 0 Å². The summed E-state index contributed by atoms with van der Waals surface area (Å²) in [6.07, 6.45) is 84.8. The number of carbonyl (C=O) groups excluding carboxylic acids is 3. The van der Waals surface area contributed by atoms with Gasteiger partial charge in [0.2, 0.25) is 0 Å². The summed E-state index contributed by atoms with van der Waals surface area (Å²) in [5.41, 5.74) is 0. The molecular formula is C68H112O6. The van der Waals surface area contributed by atoms with E-state index in [2.05, 4.69) is 142 Å². The summed E-state index contributed by atoms with van der Waals surface area (Å²) in [4.78, 5) is 38.3. The molecular weight excluding hydrogens is 913 g/mol. The van der Waals surface area contributed by atoms with Gasteiger partial charge < -0.3 is 14.2 Å².